The van der Waals surface area contributed by atoms with Crippen molar-refractivity contribution in [2.75, 3.05) is 159 Å². The van der Waals surface area contributed by atoms with Crippen molar-refractivity contribution in [3.05, 3.63) is 242 Å². The van der Waals surface area contributed by atoms with Crippen LogP contribution in [0.1, 0.15) is 236 Å². The number of fused-ring (bicyclic) bond motifs is 4. The van der Waals surface area contributed by atoms with Gasteiger partial charge in [-0.05, 0) is 191 Å². The number of nitrogens with zero attached hydrogens (tertiary/aromatic N) is 12. The molecule has 6 N–H and O–H groups in total. The number of benzene rings is 5. The van der Waals surface area contributed by atoms with Gasteiger partial charge in [-0.2, -0.15) is 20.4 Å². The first-order chi connectivity index (χ1) is 69.1. The summed E-state index contributed by atoms with van der Waals surface area (Å²) in [5.74, 6) is 1.24. The minimum Gasteiger partial charge on any atom is -0.497 e. The molecule has 37 heteroatoms. The van der Waals surface area contributed by atoms with Crippen LogP contribution < -0.4 is 35.2 Å². The number of carbonyl (C=O) groups excluding carboxylic acids is 7. The molecular weight excluding hydrogens is 1960 g/mol. The number of aryl methyl sites for hydroxylation is 2. The molecule has 7 aliphatic heterocycles. The molecular formula is C113H158Cl2N16O19. The van der Waals surface area contributed by atoms with Gasteiger partial charge in [0.05, 0.1) is 91.4 Å². The molecule has 5 aromatic carbocycles. The first-order valence-corrected chi connectivity index (χ1v) is 50.1. The van der Waals surface area contributed by atoms with E-state index in [1.807, 2.05) is 157 Å². The monoisotopic (exact) mass is 2110 g/mol. The number of nitrogens with one attached hydrogen (secondary N) is 3. The summed E-state index contributed by atoms with van der Waals surface area (Å²) < 4.78 is 70.4. The molecule has 150 heavy (non-hydrogen) atoms. The zero-order valence-electron chi connectivity index (χ0n) is 89.8. The highest BCUT2D eigenvalue weighted by molar-refractivity contribution is 6.19. The maximum atomic E-state index is 13.9. The van der Waals surface area contributed by atoms with Crippen molar-refractivity contribution in [1.82, 2.24) is 80.8 Å². The standard InChI is InChI=1S/C35H44N4O6.2C27H36N4O5.C22H29N3O3.2CH4.2ClH.H3N/c1-24(2)45-34(41)30-22-38(33(40)27-9-13-29(14-10-27)44-20-17-37-15-18-43-19-16-37)23-35(4,5)31-25(3)39(36-32(30)31)21-26-7-11-28(42-6)12-8-26;2*1-18(2)36-26(33)22-16-31(17-27(4,5)23-19(3)28-29-24(22)23)25(32)20-6-8-21(9-7-20)35-15-12-30-10-13-34-14-11-30;1-14(2)28-21(26)18-11-23-13-22(4,5)19-15(3)25(24-20(18)19)12-16-7-9-17(27-6)10-8-16;;;;;/h7-14,22,24H,15-21,23H2,1-6H3;2*6-9,16,18H,10-15,17H2,1-5H3,(H,28,29);7-11,14,23H,12-13H2,1-6H3;2*1H4;2*1H;1H3. The number of methoxy groups -OCH3 is 2. The van der Waals surface area contributed by atoms with E-state index in [0.29, 0.717) is 121 Å². The maximum absolute atomic E-state index is 13.9. The Morgan fingerprint density at radius 3 is 0.927 bits per heavy atom. The number of amides is 3. The van der Waals surface area contributed by atoms with E-state index in [1.54, 1.807) is 132 Å². The van der Waals surface area contributed by atoms with Gasteiger partial charge >= 0.3 is 23.9 Å². The van der Waals surface area contributed by atoms with Crippen LogP contribution in [0.5, 0.6) is 28.7 Å². The average Bonchev–Trinajstić information content (AvgIpc) is 1.59. The summed E-state index contributed by atoms with van der Waals surface area (Å²) in [5, 5.41) is 27.8. The van der Waals surface area contributed by atoms with Crippen molar-refractivity contribution < 1.29 is 90.4 Å². The van der Waals surface area contributed by atoms with E-state index in [9.17, 15) is 33.6 Å². The van der Waals surface area contributed by atoms with Gasteiger partial charge in [0.15, 0.2) is 0 Å². The SMILES string of the molecule is C.C.COc1ccc(Cn2nc3c(c2C)C(C)(C)CN(C(=O)c2ccc(OCCN4CCOCC4)cc2)C=C3C(=O)OC(C)C)cc1.COc1ccc(Cn2nc3c(c2C)C(C)(C)CNC=C3C(=O)OC(C)C)cc1.Cc1[nH]nc2c1C(C)(C)CN(C(=O)c1ccc(OCCN3CCOCC3)cc1)C=C2C(=O)OC(C)C.Cc1[nH]nc2c1C(C)(C)CN(C(=O)c1ccc(OCCN3CCOCC3)cc1)C=C2C(=O)OC(C)C.Cl.Cl.N. The van der Waals surface area contributed by atoms with E-state index in [2.05, 4.69) is 75.0 Å². The number of carbonyl (C=O) groups is 7. The van der Waals surface area contributed by atoms with E-state index in [0.717, 1.165) is 166 Å². The highest BCUT2D eigenvalue weighted by atomic mass is 35.5. The Morgan fingerprint density at radius 1 is 0.367 bits per heavy atom. The largest absolute Gasteiger partial charge is 0.497 e. The Balaban J connectivity index is 0.000000244. The fourth-order valence-electron chi connectivity index (χ4n) is 19.0. The molecule has 0 saturated carbocycles. The van der Waals surface area contributed by atoms with Crippen LogP contribution >= 0.6 is 24.8 Å². The number of H-pyrrole nitrogens is 2. The quantitative estimate of drug-likeness (QED) is 0.0250. The summed E-state index contributed by atoms with van der Waals surface area (Å²) in [6.45, 7) is 56.3. The number of hydrogen-bond donors (Lipinski definition) is 4. The van der Waals surface area contributed by atoms with Crippen molar-refractivity contribution in [3.63, 3.8) is 0 Å². The first-order valence-electron chi connectivity index (χ1n) is 50.1. The van der Waals surface area contributed by atoms with Crippen molar-refractivity contribution in [2.24, 2.45) is 0 Å². The van der Waals surface area contributed by atoms with E-state index in [1.165, 1.54) is 0 Å². The van der Waals surface area contributed by atoms with Crippen LogP contribution in [0.25, 0.3) is 22.3 Å². The highest BCUT2D eigenvalue weighted by Crippen LogP contribution is 2.43. The van der Waals surface area contributed by atoms with Crippen LogP contribution in [0.3, 0.4) is 0 Å². The molecule has 0 unspecified atom stereocenters. The third kappa shape index (κ3) is 31.3. The van der Waals surface area contributed by atoms with Crippen LogP contribution in [0.4, 0.5) is 0 Å². The minimum atomic E-state index is -0.522. The second-order valence-corrected chi connectivity index (χ2v) is 41.0. The summed E-state index contributed by atoms with van der Waals surface area (Å²) in [4.78, 5) is 105. The van der Waals surface area contributed by atoms with Crippen LogP contribution in [-0.4, -0.2) is 294 Å². The molecule has 3 fully saturated rings. The molecule has 818 valence electrons. The third-order valence-corrected chi connectivity index (χ3v) is 26.0. The van der Waals surface area contributed by atoms with E-state index < -0.39 is 34.2 Å². The van der Waals surface area contributed by atoms with Crippen molar-refractivity contribution in [1.29, 1.82) is 0 Å². The van der Waals surface area contributed by atoms with Crippen molar-refractivity contribution >= 4 is 88.7 Å². The number of aromatic amines is 2. The summed E-state index contributed by atoms with van der Waals surface area (Å²) in [6, 6.07) is 37.2. The highest BCUT2D eigenvalue weighted by Gasteiger charge is 2.44. The number of aromatic nitrogens is 8. The van der Waals surface area contributed by atoms with Crippen molar-refractivity contribution in [3.8, 4) is 28.7 Å². The minimum absolute atomic E-state index is 0. The molecule has 7 aliphatic rings. The Bertz CT molecular complexity index is 5940. The Kier molecular flexibility index (Phi) is 44.8. The number of halogens is 2. The predicted octanol–water partition coefficient (Wildman–Crippen LogP) is 16.7. The normalized spacial score (nSPS) is 16.4. The summed E-state index contributed by atoms with van der Waals surface area (Å²) in [6.07, 6.45) is 5.40. The van der Waals surface area contributed by atoms with E-state index >= 15 is 0 Å². The lowest BCUT2D eigenvalue weighted by atomic mass is 9.82. The van der Waals surface area contributed by atoms with Gasteiger partial charge in [-0.15, -0.1) is 24.8 Å². The molecule has 3 saturated heterocycles. The number of hydrogen-bond acceptors (Lipinski definition) is 28. The van der Waals surface area contributed by atoms with Gasteiger partial charge in [0.1, 0.15) is 93.6 Å². The first kappa shape index (κ1) is 122. The molecule has 0 bridgehead atoms. The van der Waals surface area contributed by atoms with Crippen LogP contribution in [-0.2, 0) is 87.1 Å². The third-order valence-electron chi connectivity index (χ3n) is 26.0. The lowest BCUT2D eigenvalue weighted by Gasteiger charge is -2.30. The molecule has 4 aromatic heterocycles. The van der Waals surface area contributed by atoms with Crippen LogP contribution in [0.2, 0.25) is 0 Å². The zero-order chi connectivity index (χ0) is 104. The predicted molar refractivity (Wildman–Crippen MR) is 585 cm³/mol. The molecule has 0 aliphatic carbocycles. The van der Waals surface area contributed by atoms with Gasteiger partial charge in [0.2, 0.25) is 0 Å². The molecule has 3 amide bonds. The van der Waals surface area contributed by atoms with E-state index in [-0.39, 0.29) is 116 Å². The van der Waals surface area contributed by atoms with Crippen molar-refractivity contribution in [2.45, 2.75) is 212 Å². The van der Waals surface area contributed by atoms with Crippen LogP contribution in [0.15, 0.2) is 146 Å². The molecule has 0 radical (unpaired) electrons. The van der Waals surface area contributed by atoms with Gasteiger partial charge in [-0.1, -0.05) is 94.5 Å². The van der Waals surface area contributed by atoms with Crippen LogP contribution in [0, 0.1) is 27.7 Å². The van der Waals surface area contributed by atoms with Gasteiger partial charge in [-0.3, -0.25) is 48.6 Å². The summed E-state index contributed by atoms with van der Waals surface area (Å²) in [7, 11) is 3.30. The lowest BCUT2D eigenvalue weighted by Crippen LogP contribution is -2.38. The molecule has 11 heterocycles. The lowest BCUT2D eigenvalue weighted by molar-refractivity contribution is -0.141. The van der Waals surface area contributed by atoms with Gasteiger partial charge in [-0.25, -0.2) is 19.2 Å². The number of ether oxygens (including phenoxy) is 12. The fraction of sp³-hybridized carbons (Fsp3) is 0.496. The Hall–Kier alpha value is -12.7. The molecule has 0 spiro atoms. The molecule has 0 atom stereocenters. The maximum Gasteiger partial charge on any atom is 0.342 e. The summed E-state index contributed by atoms with van der Waals surface area (Å²) >= 11 is 0. The number of rotatable bonds is 29. The fourth-order valence-corrected chi connectivity index (χ4v) is 19.0. The second kappa shape index (κ2) is 54.8. The Labute approximate surface area is 896 Å². The molecule has 35 nitrogen and oxygen atoms in total. The second-order valence-electron chi connectivity index (χ2n) is 41.0. The average molecular weight is 2120 g/mol. The van der Waals surface area contributed by atoms with Gasteiger partial charge < -0.3 is 83.0 Å². The number of esters is 4. The zero-order valence-corrected chi connectivity index (χ0v) is 91.4. The summed E-state index contributed by atoms with van der Waals surface area (Å²) in [5.41, 5.74) is 13.2. The van der Waals surface area contributed by atoms with E-state index in [4.69, 9.17) is 67.0 Å². The molecule has 16 rings (SSSR count). The molecule has 9 aromatic rings. The Morgan fingerprint density at radius 2 is 0.633 bits per heavy atom. The topological polar surface area (TPSA) is 390 Å². The van der Waals surface area contributed by atoms with Gasteiger partial charge in [0, 0.05) is 193 Å². The smallest absolute Gasteiger partial charge is 0.342 e. The van der Waals surface area contributed by atoms with Gasteiger partial charge in [0.25, 0.3) is 17.7 Å². The number of morpholine rings is 3.